The van der Waals surface area contributed by atoms with Crippen molar-refractivity contribution in [2.75, 3.05) is 6.54 Å². The van der Waals surface area contributed by atoms with Crippen LogP contribution in [0.5, 0.6) is 0 Å². The van der Waals surface area contributed by atoms with Gasteiger partial charge in [-0.05, 0) is 54.1 Å². The zero-order chi connectivity index (χ0) is 23.8. The molecule has 0 atom stereocenters. The molecular formula is C28H27FN4OS. The first-order valence-corrected chi connectivity index (χ1v) is 13.0. The molecule has 6 rings (SSSR count). The Morgan fingerprint density at radius 3 is 2.69 bits per heavy atom. The van der Waals surface area contributed by atoms with Crippen LogP contribution < -0.4 is 0 Å². The van der Waals surface area contributed by atoms with Gasteiger partial charge >= 0.3 is 0 Å². The summed E-state index contributed by atoms with van der Waals surface area (Å²) in [4.78, 5) is 18.5. The van der Waals surface area contributed by atoms with Crippen LogP contribution in [0.4, 0.5) is 4.39 Å². The summed E-state index contributed by atoms with van der Waals surface area (Å²) in [6.07, 6.45) is 2.95. The molecule has 0 unspecified atom stereocenters. The van der Waals surface area contributed by atoms with Crippen LogP contribution in [0.25, 0.3) is 5.69 Å². The van der Waals surface area contributed by atoms with Crippen LogP contribution in [0.2, 0.25) is 0 Å². The number of carbonyl (C=O) groups is 1. The van der Waals surface area contributed by atoms with Gasteiger partial charge in [-0.15, -0.1) is 11.3 Å². The molecule has 0 spiro atoms. The minimum atomic E-state index is -0.204. The number of benzene rings is 2. The van der Waals surface area contributed by atoms with Crippen molar-refractivity contribution in [1.29, 1.82) is 0 Å². The molecule has 0 N–H and O–H groups in total. The van der Waals surface area contributed by atoms with Crippen LogP contribution >= 0.6 is 11.3 Å². The number of nitrogens with zero attached hydrogens (tertiary/aromatic N) is 4. The number of aromatic nitrogens is 2. The predicted molar refractivity (Wildman–Crippen MR) is 135 cm³/mol. The maximum absolute atomic E-state index is 13.8. The van der Waals surface area contributed by atoms with Gasteiger partial charge in [0.05, 0.1) is 28.5 Å². The van der Waals surface area contributed by atoms with Crippen molar-refractivity contribution in [3.63, 3.8) is 0 Å². The number of thiophene rings is 1. The molecule has 5 nitrogen and oxygen atoms in total. The van der Waals surface area contributed by atoms with Crippen LogP contribution in [0.15, 0.2) is 72.1 Å². The van der Waals surface area contributed by atoms with E-state index in [0.29, 0.717) is 13.1 Å². The Morgan fingerprint density at radius 1 is 1.09 bits per heavy atom. The molecule has 35 heavy (non-hydrogen) atoms. The monoisotopic (exact) mass is 486 g/mol. The number of amides is 1. The average molecular weight is 487 g/mol. The number of carbonyl (C=O) groups excluding carboxylic acids is 1. The highest BCUT2D eigenvalue weighted by Crippen LogP contribution is 2.33. The molecule has 0 saturated heterocycles. The van der Waals surface area contributed by atoms with E-state index in [1.165, 1.54) is 28.7 Å². The third-order valence-corrected chi connectivity index (χ3v) is 7.67. The van der Waals surface area contributed by atoms with Crippen LogP contribution in [0.3, 0.4) is 0 Å². The number of hydrogen-bond donors (Lipinski definition) is 0. The summed E-state index contributed by atoms with van der Waals surface area (Å²) in [6.45, 7) is 2.81. The smallest absolute Gasteiger partial charge is 0.264 e. The molecule has 2 aromatic heterocycles. The molecular weight excluding hydrogens is 459 g/mol. The summed E-state index contributed by atoms with van der Waals surface area (Å²) in [6, 6.07) is 21.2. The van der Waals surface area contributed by atoms with E-state index in [0.717, 1.165) is 54.2 Å². The summed E-state index contributed by atoms with van der Waals surface area (Å²) in [5.74, 6) is -0.108. The fraction of sp³-hybridized carbons (Fsp3) is 0.286. The van der Waals surface area contributed by atoms with Gasteiger partial charge in [-0.3, -0.25) is 9.69 Å². The van der Waals surface area contributed by atoms with E-state index in [1.807, 2.05) is 46.7 Å². The second kappa shape index (κ2) is 9.40. The van der Waals surface area contributed by atoms with Crippen molar-refractivity contribution in [2.45, 2.75) is 44.9 Å². The molecule has 1 aliphatic carbocycles. The zero-order valence-corrected chi connectivity index (χ0v) is 20.3. The van der Waals surface area contributed by atoms with Gasteiger partial charge in [0, 0.05) is 37.7 Å². The molecule has 1 saturated carbocycles. The Labute approximate surface area is 208 Å². The molecule has 2 aromatic carbocycles. The standard InChI is InChI=1S/C28H27FN4OS/c29-21-7-4-6-20(16-21)17-31-14-13-26-24(18-31)25(30-33(26)23-8-2-1-3-9-23)19-32(22-11-12-22)28(34)27-10-5-15-35-27/h1-10,15-16,22H,11-14,17-19H2. The SMILES string of the molecule is O=C(c1cccs1)N(Cc1nn(-c2ccccc2)c2c1CN(Cc1cccc(F)c1)CC2)C1CC1. The van der Waals surface area contributed by atoms with E-state index in [-0.39, 0.29) is 17.8 Å². The first-order valence-electron chi connectivity index (χ1n) is 12.1. The highest BCUT2D eigenvalue weighted by molar-refractivity contribution is 7.12. The molecule has 2 aliphatic rings. The number of halogens is 1. The third-order valence-electron chi connectivity index (χ3n) is 6.82. The molecule has 1 fully saturated rings. The van der Waals surface area contributed by atoms with Gasteiger partial charge in [0.25, 0.3) is 5.91 Å². The van der Waals surface area contributed by atoms with Gasteiger partial charge < -0.3 is 4.90 Å². The van der Waals surface area contributed by atoms with E-state index < -0.39 is 0 Å². The Morgan fingerprint density at radius 2 is 1.94 bits per heavy atom. The van der Waals surface area contributed by atoms with Gasteiger partial charge in [0.2, 0.25) is 0 Å². The van der Waals surface area contributed by atoms with Crippen LogP contribution in [0.1, 0.15) is 45.0 Å². The average Bonchev–Trinajstić information content (AvgIpc) is 3.44. The van der Waals surface area contributed by atoms with E-state index in [2.05, 4.69) is 21.7 Å². The van der Waals surface area contributed by atoms with Gasteiger partial charge in [0.1, 0.15) is 5.82 Å². The van der Waals surface area contributed by atoms with Crippen LogP contribution in [-0.4, -0.2) is 38.1 Å². The van der Waals surface area contributed by atoms with Crippen molar-refractivity contribution in [3.8, 4) is 5.69 Å². The molecule has 4 aromatic rings. The molecule has 0 bridgehead atoms. The van der Waals surface area contributed by atoms with Crippen molar-refractivity contribution in [2.24, 2.45) is 0 Å². The highest BCUT2D eigenvalue weighted by Gasteiger charge is 2.36. The summed E-state index contributed by atoms with van der Waals surface area (Å²) >= 11 is 1.49. The quantitative estimate of drug-likeness (QED) is 0.350. The number of rotatable bonds is 7. The lowest BCUT2D eigenvalue weighted by Gasteiger charge is -2.28. The van der Waals surface area contributed by atoms with Gasteiger partial charge in [0.15, 0.2) is 0 Å². The first-order chi connectivity index (χ1) is 17.2. The molecule has 7 heteroatoms. The second-order valence-corrected chi connectivity index (χ2v) is 10.3. The molecule has 178 valence electrons. The lowest BCUT2D eigenvalue weighted by atomic mass is 10.0. The van der Waals surface area contributed by atoms with E-state index in [4.69, 9.17) is 5.10 Å². The van der Waals surface area contributed by atoms with Gasteiger partial charge in [-0.2, -0.15) is 5.10 Å². The molecule has 1 aliphatic heterocycles. The van der Waals surface area contributed by atoms with Crippen LogP contribution in [-0.2, 0) is 26.1 Å². The Balaban J connectivity index is 1.33. The maximum atomic E-state index is 13.8. The third kappa shape index (κ3) is 4.66. The summed E-state index contributed by atoms with van der Waals surface area (Å²) in [5.41, 5.74) is 5.38. The fourth-order valence-corrected chi connectivity index (χ4v) is 5.62. The lowest BCUT2D eigenvalue weighted by Crippen LogP contribution is -2.34. The van der Waals surface area contributed by atoms with E-state index in [9.17, 15) is 9.18 Å². The van der Waals surface area contributed by atoms with Crippen LogP contribution in [0, 0.1) is 5.82 Å². The van der Waals surface area contributed by atoms with Crippen molar-refractivity contribution >= 4 is 17.2 Å². The zero-order valence-electron chi connectivity index (χ0n) is 19.4. The summed E-state index contributed by atoms with van der Waals surface area (Å²) < 4.78 is 15.8. The minimum Gasteiger partial charge on any atom is -0.329 e. The second-order valence-electron chi connectivity index (χ2n) is 9.35. The number of para-hydroxylation sites is 1. The molecule has 3 heterocycles. The number of fused-ring (bicyclic) bond motifs is 1. The van der Waals surface area contributed by atoms with Gasteiger partial charge in [-0.25, -0.2) is 9.07 Å². The normalized spacial score (nSPS) is 15.7. The molecule has 1 amide bonds. The topological polar surface area (TPSA) is 41.4 Å². The van der Waals surface area contributed by atoms with E-state index >= 15 is 0 Å². The fourth-order valence-electron chi connectivity index (χ4n) is 4.94. The van der Waals surface area contributed by atoms with Crippen molar-refractivity contribution in [1.82, 2.24) is 19.6 Å². The van der Waals surface area contributed by atoms with E-state index in [1.54, 1.807) is 12.1 Å². The Kier molecular flexibility index (Phi) is 5.96. The van der Waals surface area contributed by atoms with Crippen molar-refractivity contribution in [3.05, 3.63) is 105 Å². The Hall–Kier alpha value is -3.29. The Bertz CT molecular complexity index is 1330. The summed E-state index contributed by atoms with van der Waals surface area (Å²) in [5, 5.41) is 7.02. The lowest BCUT2D eigenvalue weighted by molar-refractivity contribution is 0.0731. The maximum Gasteiger partial charge on any atom is 0.264 e. The highest BCUT2D eigenvalue weighted by atomic mass is 32.1. The number of hydrogen-bond acceptors (Lipinski definition) is 4. The minimum absolute atomic E-state index is 0.0953. The first kappa shape index (κ1) is 22.2. The summed E-state index contributed by atoms with van der Waals surface area (Å²) in [7, 11) is 0. The largest absolute Gasteiger partial charge is 0.329 e. The molecule has 0 radical (unpaired) electrons. The van der Waals surface area contributed by atoms with Crippen molar-refractivity contribution < 1.29 is 9.18 Å². The predicted octanol–water partition coefficient (Wildman–Crippen LogP) is 5.44. The van der Waals surface area contributed by atoms with Gasteiger partial charge in [-0.1, -0.05) is 36.4 Å².